The second-order valence-electron chi connectivity index (χ2n) is 6.44. The molecule has 1 aromatic heterocycles. The number of hydrogen-bond acceptors (Lipinski definition) is 6. The number of rotatable bonds is 7. The minimum absolute atomic E-state index is 0.0106. The van der Waals surface area contributed by atoms with Crippen LogP contribution in [-0.4, -0.2) is 37.2 Å². The molecule has 3 aromatic rings. The molecule has 0 aliphatic rings. The van der Waals surface area contributed by atoms with Crippen LogP contribution in [0, 0.1) is 5.82 Å². The SMILES string of the molecule is COC(=O)c1cnn(C)c1S(=O)(=O)Nc1ccc(C(=O)NCc2ccccc2F)cc1. The van der Waals surface area contributed by atoms with Gasteiger partial charge in [0.2, 0.25) is 0 Å². The summed E-state index contributed by atoms with van der Waals surface area (Å²) in [6.45, 7) is 0.0106. The Morgan fingerprint density at radius 1 is 1.13 bits per heavy atom. The van der Waals surface area contributed by atoms with Gasteiger partial charge in [0.1, 0.15) is 11.4 Å². The number of aryl methyl sites for hydroxylation is 1. The van der Waals surface area contributed by atoms with Crippen molar-refractivity contribution in [3.05, 3.63) is 77.2 Å². The number of esters is 1. The first-order chi connectivity index (χ1) is 14.7. The van der Waals surface area contributed by atoms with E-state index >= 15 is 0 Å². The van der Waals surface area contributed by atoms with E-state index in [1.807, 2.05) is 0 Å². The summed E-state index contributed by atoms with van der Waals surface area (Å²) in [4.78, 5) is 24.1. The Bertz CT molecular complexity index is 1220. The van der Waals surface area contributed by atoms with E-state index in [9.17, 15) is 22.4 Å². The number of amides is 1. The molecule has 0 aliphatic carbocycles. The Morgan fingerprint density at radius 2 is 1.81 bits per heavy atom. The van der Waals surface area contributed by atoms with E-state index in [1.54, 1.807) is 18.2 Å². The van der Waals surface area contributed by atoms with Crippen molar-refractivity contribution in [3.8, 4) is 0 Å². The molecule has 2 aromatic carbocycles. The Labute approximate surface area is 177 Å². The number of methoxy groups -OCH3 is 1. The van der Waals surface area contributed by atoms with Crippen molar-refractivity contribution in [1.82, 2.24) is 15.1 Å². The second-order valence-corrected chi connectivity index (χ2v) is 8.03. The van der Waals surface area contributed by atoms with E-state index < -0.39 is 27.7 Å². The maximum atomic E-state index is 13.6. The first kappa shape index (κ1) is 22.0. The van der Waals surface area contributed by atoms with E-state index in [4.69, 9.17) is 0 Å². The third-order valence-corrected chi connectivity index (χ3v) is 5.84. The van der Waals surface area contributed by atoms with Crippen LogP contribution in [0.2, 0.25) is 0 Å². The van der Waals surface area contributed by atoms with Crippen LogP contribution >= 0.6 is 0 Å². The molecule has 2 N–H and O–H groups in total. The van der Waals surface area contributed by atoms with Gasteiger partial charge in [-0.15, -0.1) is 0 Å². The number of nitrogens with one attached hydrogen (secondary N) is 2. The van der Waals surface area contributed by atoms with E-state index in [-0.39, 0.29) is 28.4 Å². The van der Waals surface area contributed by atoms with E-state index in [0.717, 1.165) is 18.0 Å². The Morgan fingerprint density at radius 3 is 2.45 bits per heavy atom. The Kier molecular flexibility index (Phi) is 6.35. The summed E-state index contributed by atoms with van der Waals surface area (Å²) in [6, 6.07) is 11.7. The predicted octanol–water partition coefficient (Wildman–Crippen LogP) is 2.08. The number of carbonyl (C=O) groups excluding carboxylic acids is 2. The lowest BCUT2D eigenvalue weighted by atomic mass is 10.1. The summed E-state index contributed by atoms with van der Waals surface area (Å²) in [6.07, 6.45) is 1.10. The molecule has 0 radical (unpaired) electrons. The van der Waals surface area contributed by atoms with Crippen LogP contribution < -0.4 is 10.0 Å². The quantitative estimate of drug-likeness (QED) is 0.537. The van der Waals surface area contributed by atoms with Crippen molar-refractivity contribution in [3.63, 3.8) is 0 Å². The Balaban J connectivity index is 1.72. The van der Waals surface area contributed by atoms with Crippen molar-refractivity contribution in [2.75, 3.05) is 11.8 Å². The summed E-state index contributed by atoms with van der Waals surface area (Å²) < 4.78 is 47.1. The van der Waals surface area contributed by atoms with Gasteiger partial charge >= 0.3 is 5.97 Å². The maximum Gasteiger partial charge on any atom is 0.342 e. The zero-order valence-corrected chi connectivity index (χ0v) is 17.4. The van der Waals surface area contributed by atoms with Crippen molar-refractivity contribution in [2.24, 2.45) is 7.05 Å². The number of carbonyl (C=O) groups is 2. The van der Waals surface area contributed by atoms with Gasteiger partial charge < -0.3 is 10.1 Å². The summed E-state index contributed by atoms with van der Waals surface area (Å²) >= 11 is 0. The van der Waals surface area contributed by atoms with Crippen LogP contribution in [0.1, 0.15) is 26.3 Å². The van der Waals surface area contributed by atoms with E-state index in [0.29, 0.717) is 5.56 Å². The molecule has 0 atom stereocenters. The van der Waals surface area contributed by atoms with Crippen LogP contribution in [0.4, 0.5) is 10.1 Å². The average molecular weight is 446 g/mol. The van der Waals surface area contributed by atoms with Gasteiger partial charge in [0.15, 0.2) is 5.03 Å². The van der Waals surface area contributed by atoms with Gasteiger partial charge in [-0.05, 0) is 30.3 Å². The van der Waals surface area contributed by atoms with E-state index in [2.05, 4.69) is 19.9 Å². The number of sulfonamides is 1. The summed E-state index contributed by atoms with van der Waals surface area (Å²) in [5.74, 6) is -1.71. The molecule has 0 saturated carbocycles. The van der Waals surface area contributed by atoms with Crippen LogP contribution in [0.25, 0.3) is 0 Å². The van der Waals surface area contributed by atoms with Crippen molar-refractivity contribution < 1.29 is 27.1 Å². The zero-order valence-electron chi connectivity index (χ0n) is 16.6. The van der Waals surface area contributed by atoms with Crippen molar-refractivity contribution in [1.29, 1.82) is 0 Å². The highest BCUT2D eigenvalue weighted by Gasteiger charge is 2.28. The number of hydrogen-bond donors (Lipinski definition) is 2. The molecular formula is C20H19FN4O5S. The normalized spacial score (nSPS) is 11.1. The minimum Gasteiger partial charge on any atom is -0.465 e. The fourth-order valence-electron chi connectivity index (χ4n) is 2.81. The van der Waals surface area contributed by atoms with Gasteiger partial charge in [-0.1, -0.05) is 18.2 Å². The number of anilines is 1. The highest BCUT2D eigenvalue weighted by molar-refractivity contribution is 7.92. The third kappa shape index (κ3) is 4.89. The number of halogens is 1. The van der Waals surface area contributed by atoms with Gasteiger partial charge in [0.05, 0.1) is 13.3 Å². The molecule has 0 spiro atoms. The second kappa shape index (κ2) is 8.96. The lowest BCUT2D eigenvalue weighted by Crippen LogP contribution is -2.23. The molecule has 0 unspecified atom stereocenters. The number of ether oxygens (including phenoxy) is 1. The topological polar surface area (TPSA) is 119 Å². The minimum atomic E-state index is -4.16. The number of aromatic nitrogens is 2. The van der Waals surface area contributed by atoms with Crippen LogP contribution in [0.5, 0.6) is 0 Å². The highest BCUT2D eigenvalue weighted by Crippen LogP contribution is 2.20. The predicted molar refractivity (Wildman–Crippen MR) is 109 cm³/mol. The fraction of sp³-hybridized carbons (Fsp3) is 0.150. The van der Waals surface area contributed by atoms with Crippen LogP contribution in [-0.2, 0) is 28.4 Å². The molecule has 31 heavy (non-hydrogen) atoms. The lowest BCUT2D eigenvalue weighted by molar-refractivity contribution is 0.0595. The molecule has 162 valence electrons. The van der Waals surface area contributed by atoms with Crippen molar-refractivity contribution >= 4 is 27.6 Å². The summed E-state index contributed by atoms with van der Waals surface area (Å²) in [5, 5.41) is 6.04. The zero-order chi connectivity index (χ0) is 22.6. The monoisotopic (exact) mass is 446 g/mol. The van der Waals surface area contributed by atoms with Gasteiger partial charge in [0, 0.05) is 30.4 Å². The highest BCUT2D eigenvalue weighted by atomic mass is 32.2. The van der Waals surface area contributed by atoms with Crippen molar-refractivity contribution in [2.45, 2.75) is 11.6 Å². The standard InChI is InChI=1S/C20H19FN4O5S/c1-25-19(16(12-23-25)20(27)30-2)31(28,29)24-15-9-7-13(8-10-15)18(26)22-11-14-5-3-4-6-17(14)21/h3-10,12,24H,11H2,1-2H3,(H,22,26). The molecule has 0 aliphatic heterocycles. The first-order valence-corrected chi connectivity index (χ1v) is 10.5. The first-order valence-electron chi connectivity index (χ1n) is 8.97. The maximum absolute atomic E-state index is 13.6. The smallest absolute Gasteiger partial charge is 0.342 e. The van der Waals surface area contributed by atoms with Gasteiger partial charge in [0.25, 0.3) is 15.9 Å². The third-order valence-electron chi connectivity index (χ3n) is 4.34. The van der Waals surface area contributed by atoms with Gasteiger partial charge in [-0.3, -0.25) is 14.2 Å². The van der Waals surface area contributed by atoms with Crippen LogP contribution in [0.15, 0.2) is 59.8 Å². The van der Waals surface area contributed by atoms with Gasteiger partial charge in [-0.2, -0.15) is 13.5 Å². The molecular weight excluding hydrogens is 427 g/mol. The molecule has 3 rings (SSSR count). The Hall–Kier alpha value is -3.73. The largest absolute Gasteiger partial charge is 0.465 e. The molecule has 1 amide bonds. The average Bonchev–Trinajstić information content (AvgIpc) is 3.15. The molecule has 11 heteroatoms. The fourth-order valence-corrected chi connectivity index (χ4v) is 4.17. The van der Waals surface area contributed by atoms with Gasteiger partial charge in [-0.25, -0.2) is 9.18 Å². The summed E-state index contributed by atoms with van der Waals surface area (Å²) in [7, 11) is -1.65. The molecule has 0 saturated heterocycles. The molecule has 1 heterocycles. The lowest BCUT2D eigenvalue weighted by Gasteiger charge is -2.11. The van der Waals surface area contributed by atoms with Crippen LogP contribution in [0.3, 0.4) is 0 Å². The molecule has 9 nitrogen and oxygen atoms in total. The number of benzene rings is 2. The number of nitrogens with zero attached hydrogens (tertiary/aromatic N) is 2. The van der Waals surface area contributed by atoms with E-state index in [1.165, 1.54) is 37.4 Å². The molecule has 0 fully saturated rings. The molecule has 0 bridgehead atoms. The summed E-state index contributed by atoms with van der Waals surface area (Å²) in [5.41, 5.74) is 0.567.